The number of hydrogen-bond acceptors (Lipinski definition) is 3. The lowest BCUT2D eigenvalue weighted by Crippen LogP contribution is -2.32. The molecule has 24 heavy (non-hydrogen) atoms. The van der Waals surface area contributed by atoms with Gasteiger partial charge in [-0.1, -0.05) is 23.7 Å². The Balaban J connectivity index is 1.95. The summed E-state index contributed by atoms with van der Waals surface area (Å²) in [6, 6.07) is 13.0. The van der Waals surface area contributed by atoms with Gasteiger partial charge in [0.2, 0.25) is 0 Å². The van der Waals surface area contributed by atoms with E-state index in [1.165, 1.54) is 0 Å². The summed E-state index contributed by atoms with van der Waals surface area (Å²) in [5, 5.41) is 2.92. The van der Waals surface area contributed by atoms with Gasteiger partial charge >= 0.3 is 0 Å². The monoisotopic (exact) mass is 452 g/mol. The van der Waals surface area contributed by atoms with E-state index in [9.17, 15) is 9.59 Å². The van der Waals surface area contributed by atoms with Crippen molar-refractivity contribution in [2.24, 2.45) is 0 Å². The zero-order valence-electron chi connectivity index (χ0n) is 13.1. The molecule has 6 heteroatoms. The second kappa shape index (κ2) is 6.57. The van der Waals surface area contributed by atoms with Crippen LogP contribution in [0.1, 0.15) is 11.1 Å². The Morgan fingerprint density at radius 2 is 1.79 bits per heavy atom. The summed E-state index contributed by atoms with van der Waals surface area (Å²) in [7, 11) is 0. The van der Waals surface area contributed by atoms with Crippen LogP contribution >= 0.6 is 34.2 Å². The predicted octanol–water partition coefficient (Wildman–Crippen LogP) is 4.34. The molecule has 1 aliphatic rings. The Morgan fingerprint density at radius 3 is 2.46 bits per heavy atom. The summed E-state index contributed by atoms with van der Waals surface area (Å²) >= 11 is 8.36. The number of hydrogen-bond donors (Lipinski definition) is 1. The van der Waals surface area contributed by atoms with Gasteiger partial charge < -0.3 is 5.32 Å². The summed E-state index contributed by atoms with van der Waals surface area (Å²) in [6.07, 6.45) is 0. The summed E-state index contributed by atoms with van der Waals surface area (Å²) in [5.74, 6) is -0.966. The van der Waals surface area contributed by atoms with Gasteiger partial charge in [-0.3, -0.25) is 9.59 Å². The van der Waals surface area contributed by atoms with Crippen LogP contribution in [-0.2, 0) is 9.59 Å². The zero-order chi connectivity index (χ0) is 17.4. The number of benzene rings is 2. The van der Waals surface area contributed by atoms with Gasteiger partial charge in [0.15, 0.2) is 0 Å². The highest BCUT2D eigenvalue weighted by Gasteiger charge is 2.39. The van der Waals surface area contributed by atoms with E-state index in [1.54, 1.807) is 18.2 Å². The first-order valence-electron chi connectivity index (χ1n) is 7.27. The van der Waals surface area contributed by atoms with Gasteiger partial charge in [-0.25, -0.2) is 4.90 Å². The number of carbonyl (C=O) groups is 2. The third-order valence-electron chi connectivity index (χ3n) is 3.74. The van der Waals surface area contributed by atoms with Crippen molar-refractivity contribution >= 4 is 57.4 Å². The molecule has 2 aromatic carbocycles. The van der Waals surface area contributed by atoms with Gasteiger partial charge in [0, 0.05) is 9.26 Å². The highest BCUT2D eigenvalue weighted by atomic mass is 127. The Hall–Kier alpha value is -1.86. The van der Waals surface area contributed by atoms with Crippen LogP contribution in [0.15, 0.2) is 53.2 Å². The molecule has 3 rings (SSSR count). The SMILES string of the molecule is Cc1cccc(N2C(=O)C(Cl)=C(Nc3ccc(I)cc3C)C2=O)c1. The molecule has 0 fully saturated rings. The van der Waals surface area contributed by atoms with Crippen LogP contribution in [0.3, 0.4) is 0 Å². The molecule has 0 saturated heterocycles. The summed E-state index contributed by atoms with van der Waals surface area (Å²) in [4.78, 5) is 26.3. The van der Waals surface area contributed by atoms with Crippen molar-refractivity contribution in [3.05, 3.63) is 67.9 Å². The Labute approximate surface area is 158 Å². The maximum absolute atomic E-state index is 12.7. The summed E-state index contributed by atoms with van der Waals surface area (Å²) < 4.78 is 1.09. The van der Waals surface area contributed by atoms with E-state index in [-0.39, 0.29) is 10.7 Å². The summed E-state index contributed by atoms with van der Waals surface area (Å²) in [5.41, 5.74) is 3.29. The first kappa shape index (κ1) is 17.0. The van der Waals surface area contributed by atoms with Crippen LogP contribution < -0.4 is 10.2 Å². The summed E-state index contributed by atoms with van der Waals surface area (Å²) in [6.45, 7) is 3.83. The highest BCUT2D eigenvalue weighted by Crippen LogP contribution is 2.31. The maximum Gasteiger partial charge on any atom is 0.283 e. The van der Waals surface area contributed by atoms with Gasteiger partial charge in [0.1, 0.15) is 10.7 Å². The minimum Gasteiger partial charge on any atom is -0.349 e. The lowest BCUT2D eigenvalue weighted by atomic mass is 10.2. The van der Waals surface area contributed by atoms with E-state index in [4.69, 9.17) is 11.6 Å². The first-order valence-corrected chi connectivity index (χ1v) is 8.72. The van der Waals surface area contributed by atoms with Gasteiger partial charge in [-0.2, -0.15) is 0 Å². The average molecular weight is 453 g/mol. The van der Waals surface area contributed by atoms with Crippen LogP contribution in [0.4, 0.5) is 11.4 Å². The molecular formula is C18H14ClIN2O2. The first-order chi connectivity index (χ1) is 11.4. The second-order valence-electron chi connectivity index (χ2n) is 5.56. The minimum atomic E-state index is -0.516. The third kappa shape index (κ3) is 3.06. The fraction of sp³-hybridized carbons (Fsp3) is 0.111. The van der Waals surface area contributed by atoms with Crippen molar-refractivity contribution in [1.82, 2.24) is 0 Å². The molecule has 0 bridgehead atoms. The number of aryl methyl sites for hydroxylation is 2. The molecule has 0 aliphatic carbocycles. The van der Waals surface area contributed by atoms with Crippen molar-refractivity contribution < 1.29 is 9.59 Å². The number of rotatable bonds is 3. The van der Waals surface area contributed by atoms with E-state index in [0.29, 0.717) is 5.69 Å². The molecule has 0 saturated carbocycles. The zero-order valence-corrected chi connectivity index (χ0v) is 16.0. The largest absolute Gasteiger partial charge is 0.349 e. The molecule has 0 aromatic heterocycles. The van der Waals surface area contributed by atoms with Gasteiger partial charge in [0.05, 0.1) is 5.69 Å². The maximum atomic E-state index is 12.7. The molecule has 0 unspecified atom stereocenters. The van der Waals surface area contributed by atoms with E-state index in [0.717, 1.165) is 25.3 Å². The molecule has 0 spiro atoms. The van der Waals surface area contributed by atoms with Crippen molar-refractivity contribution in [2.75, 3.05) is 10.2 Å². The van der Waals surface area contributed by atoms with Crippen LogP contribution in [-0.4, -0.2) is 11.8 Å². The van der Waals surface area contributed by atoms with Crippen molar-refractivity contribution in [3.8, 4) is 0 Å². The Morgan fingerprint density at radius 1 is 1.04 bits per heavy atom. The molecule has 1 heterocycles. The van der Waals surface area contributed by atoms with E-state index in [1.807, 2.05) is 38.1 Å². The van der Waals surface area contributed by atoms with E-state index in [2.05, 4.69) is 27.9 Å². The standard InChI is InChI=1S/C18H14ClIN2O2/c1-10-4-3-5-13(8-10)22-17(23)15(19)16(18(22)24)21-14-7-6-12(20)9-11(14)2/h3-9,21H,1-2H3. The molecule has 1 aliphatic heterocycles. The second-order valence-corrected chi connectivity index (χ2v) is 7.18. The number of halogens is 2. The van der Waals surface area contributed by atoms with Gasteiger partial charge in [-0.15, -0.1) is 0 Å². The highest BCUT2D eigenvalue weighted by molar-refractivity contribution is 14.1. The predicted molar refractivity (Wildman–Crippen MR) is 104 cm³/mol. The van der Waals surface area contributed by atoms with Gasteiger partial charge in [-0.05, 0) is 77.9 Å². The number of anilines is 2. The Bertz CT molecular complexity index is 892. The third-order valence-corrected chi connectivity index (χ3v) is 4.76. The fourth-order valence-corrected chi connectivity index (χ4v) is 3.37. The lowest BCUT2D eigenvalue weighted by Gasteiger charge is -2.16. The smallest absolute Gasteiger partial charge is 0.283 e. The van der Waals surface area contributed by atoms with Crippen molar-refractivity contribution in [3.63, 3.8) is 0 Å². The molecular weight excluding hydrogens is 439 g/mol. The van der Waals surface area contributed by atoms with Gasteiger partial charge in [0.25, 0.3) is 11.8 Å². The molecule has 0 atom stereocenters. The minimum absolute atomic E-state index is 0.0977. The number of imide groups is 1. The average Bonchev–Trinajstić information content (AvgIpc) is 2.73. The fourth-order valence-electron chi connectivity index (χ4n) is 2.51. The van der Waals surface area contributed by atoms with Crippen LogP contribution in [0.25, 0.3) is 0 Å². The van der Waals surface area contributed by atoms with E-state index >= 15 is 0 Å². The molecule has 2 aromatic rings. The van der Waals surface area contributed by atoms with Crippen molar-refractivity contribution in [1.29, 1.82) is 0 Å². The van der Waals surface area contributed by atoms with E-state index < -0.39 is 11.8 Å². The molecule has 1 N–H and O–H groups in total. The number of carbonyl (C=O) groups excluding carboxylic acids is 2. The molecule has 4 nitrogen and oxygen atoms in total. The molecule has 2 amide bonds. The lowest BCUT2D eigenvalue weighted by molar-refractivity contribution is -0.120. The van der Waals surface area contributed by atoms with Crippen LogP contribution in [0.5, 0.6) is 0 Å². The number of nitrogens with one attached hydrogen (secondary N) is 1. The van der Waals surface area contributed by atoms with Crippen molar-refractivity contribution in [2.45, 2.75) is 13.8 Å². The number of amides is 2. The normalized spacial score (nSPS) is 14.6. The van der Waals surface area contributed by atoms with Crippen LogP contribution in [0.2, 0.25) is 0 Å². The molecule has 0 radical (unpaired) electrons. The quantitative estimate of drug-likeness (QED) is 0.557. The number of nitrogens with zero attached hydrogens (tertiary/aromatic N) is 1. The van der Waals surface area contributed by atoms with Crippen LogP contribution in [0, 0.1) is 17.4 Å². The topological polar surface area (TPSA) is 49.4 Å². The molecule has 122 valence electrons. The Kier molecular flexibility index (Phi) is 4.64.